The third kappa shape index (κ3) is 3.53. The number of nitrogens with zero attached hydrogens (tertiary/aromatic N) is 3. The molecule has 1 fully saturated rings. The number of hydrogen-bond donors (Lipinski definition) is 1. The predicted octanol–water partition coefficient (Wildman–Crippen LogP) is 3.15. The molecular formula is C18H20FN3O2. The molecule has 0 spiro atoms. The molecule has 0 radical (unpaired) electrons. The summed E-state index contributed by atoms with van der Waals surface area (Å²) in [5.41, 5.74) is 1.69. The van der Waals surface area contributed by atoms with Gasteiger partial charge in [-0.25, -0.2) is 14.4 Å². The maximum atomic E-state index is 13.1. The molecule has 0 unspecified atom stereocenters. The van der Waals surface area contributed by atoms with Crippen LogP contribution < -0.4 is 4.90 Å². The monoisotopic (exact) mass is 329 g/mol. The van der Waals surface area contributed by atoms with Crippen molar-refractivity contribution < 1.29 is 14.3 Å². The van der Waals surface area contributed by atoms with Gasteiger partial charge in [0.05, 0.1) is 5.92 Å². The van der Waals surface area contributed by atoms with E-state index in [1.807, 2.05) is 13.0 Å². The number of aliphatic carboxylic acids is 1. The molecule has 1 aromatic carbocycles. The lowest BCUT2D eigenvalue weighted by molar-refractivity contribution is -0.142. The lowest BCUT2D eigenvalue weighted by Gasteiger charge is -2.31. The summed E-state index contributed by atoms with van der Waals surface area (Å²) in [5.74, 6) is 0.0972. The molecule has 0 atom stereocenters. The smallest absolute Gasteiger partial charge is 0.306 e. The van der Waals surface area contributed by atoms with Crippen molar-refractivity contribution in [1.82, 2.24) is 9.97 Å². The molecule has 2 heterocycles. The Labute approximate surface area is 140 Å². The molecule has 1 aliphatic rings. The van der Waals surface area contributed by atoms with Gasteiger partial charge in [-0.05, 0) is 43.5 Å². The van der Waals surface area contributed by atoms with Gasteiger partial charge in [-0.2, -0.15) is 0 Å². The number of anilines is 1. The molecule has 3 rings (SSSR count). The summed E-state index contributed by atoms with van der Waals surface area (Å²) in [4.78, 5) is 22.3. The summed E-state index contributed by atoms with van der Waals surface area (Å²) in [6.07, 6.45) is 2.01. The summed E-state index contributed by atoms with van der Waals surface area (Å²) < 4.78 is 13.1. The van der Waals surface area contributed by atoms with E-state index in [1.165, 1.54) is 12.1 Å². The normalized spacial score (nSPS) is 15.5. The van der Waals surface area contributed by atoms with E-state index in [0.29, 0.717) is 31.8 Å². The van der Waals surface area contributed by atoms with Crippen molar-refractivity contribution in [2.75, 3.05) is 18.0 Å². The van der Waals surface area contributed by atoms with Gasteiger partial charge >= 0.3 is 5.97 Å². The molecule has 2 aromatic rings. The molecule has 0 saturated carbocycles. The molecule has 24 heavy (non-hydrogen) atoms. The Kier molecular flexibility index (Phi) is 4.74. The van der Waals surface area contributed by atoms with Crippen molar-refractivity contribution in [1.29, 1.82) is 0 Å². The van der Waals surface area contributed by atoms with Gasteiger partial charge in [-0.1, -0.05) is 6.92 Å². The van der Waals surface area contributed by atoms with Crippen molar-refractivity contribution in [3.63, 3.8) is 0 Å². The maximum Gasteiger partial charge on any atom is 0.306 e. The Morgan fingerprint density at radius 2 is 1.92 bits per heavy atom. The molecule has 1 saturated heterocycles. The van der Waals surface area contributed by atoms with Gasteiger partial charge in [0.15, 0.2) is 5.82 Å². The number of aryl methyl sites for hydroxylation is 1. The van der Waals surface area contributed by atoms with Gasteiger partial charge in [0, 0.05) is 30.4 Å². The fourth-order valence-electron chi connectivity index (χ4n) is 2.91. The zero-order valence-corrected chi connectivity index (χ0v) is 13.6. The Morgan fingerprint density at radius 3 is 2.50 bits per heavy atom. The second-order valence-electron chi connectivity index (χ2n) is 6.00. The Morgan fingerprint density at radius 1 is 1.25 bits per heavy atom. The Balaban J connectivity index is 1.87. The Hall–Kier alpha value is -2.50. The van der Waals surface area contributed by atoms with Crippen LogP contribution in [0, 0.1) is 11.7 Å². The molecule has 126 valence electrons. The molecule has 1 aromatic heterocycles. The summed E-state index contributed by atoms with van der Waals surface area (Å²) in [6.45, 7) is 3.36. The van der Waals surface area contributed by atoms with Gasteiger partial charge in [0.25, 0.3) is 0 Å². The zero-order valence-electron chi connectivity index (χ0n) is 13.6. The number of piperidine rings is 1. The van der Waals surface area contributed by atoms with E-state index in [4.69, 9.17) is 5.11 Å². The second-order valence-corrected chi connectivity index (χ2v) is 6.00. The van der Waals surface area contributed by atoms with Crippen LogP contribution in [0.4, 0.5) is 10.2 Å². The minimum absolute atomic E-state index is 0.273. The highest BCUT2D eigenvalue weighted by molar-refractivity contribution is 5.70. The van der Waals surface area contributed by atoms with Crippen molar-refractivity contribution in [2.24, 2.45) is 5.92 Å². The number of halogens is 1. The number of rotatable bonds is 4. The molecule has 6 heteroatoms. The SMILES string of the molecule is CCc1cc(N2CCC(C(=O)O)CC2)nc(-c2ccc(F)cc2)n1. The van der Waals surface area contributed by atoms with Crippen LogP contribution in [0.15, 0.2) is 30.3 Å². The van der Waals surface area contributed by atoms with Crippen LogP contribution in [0.5, 0.6) is 0 Å². The third-order valence-electron chi connectivity index (χ3n) is 4.40. The quantitative estimate of drug-likeness (QED) is 0.933. The maximum absolute atomic E-state index is 13.1. The average Bonchev–Trinajstić information content (AvgIpc) is 2.62. The standard InChI is InChI=1S/C18H20FN3O2/c1-2-15-11-16(22-9-7-13(8-10-22)18(23)24)21-17(20-15)12-3-5-14(19)6-4-12/h3-6,11,13H,2,7-10H2,1H3,(H,23,24). The first-order valence-corrected chi connectivity index (χ1v) is 8.18. The minimum Gasteiger partial charge on any atom is -0.481 e. The van der Waals surface area contributed by atoms with Crippen LogP contribution >= 0.6 is 0 Å². The van der Waals surface area contributed by atoms with Crippen LogP contribution in [0.2, 0.25) is 0 Å². The highest BCUT2D eigenvalue weighted by Crippen LogP contribution is 2.25. The van der Waals surface area contributed by atoms with Gasteiger partial charge in [-0.3, -0.25) is 4.79 Å². The first-order chi connectivity index (χ1) is 11.6. The van der Waals surface area contributed by atoms with Crippen molar-refractivity contribution in [3.8, 4) is 11.4 Å². The number of carboxylic acids is 1. The van der Waals surface area contributed by atoms with Gasteiger partial charge in [-0.15, -0.1) is 0 Å². The van der Waals surface area contributed by atoms with E-state index >= 15 is 0 Å². The Bertz CT molecular complexity index is 726. The van der Waals surface area contributed by atoms with Crippen molar-refractivity contribution in [2.45, 2.75) is 26.2 Å². The molecule has 1 N–H and O–H groups in total. The number of benzene rings is 1. The first-order valence-electron chi connectivity index (χ1n) is 8.18. The van der Waals surface area contributed by atoms with Crippen LogP contribution in [0.1, 0.15) is 25.5 Å². The van der Waals surface area contributed by atoms with Crippen LogP contribution in [0.3, 0.4) is 0 Å². The van der Waals surface area contributed by atoms with Gasteiger partial charge in [0.1, 0.15) is 11.6 Å². The van der Waals surface area contributed by atoms with Crippen LogP contribution in [0.25, 0.3) is 11.4 Å². The minimum atomic E-state index is -0.724. The van der Waals surface area contributed by atoms with E-state index in [9.17, 15) is 9.18 Å². The van der Waals surface area contributed by atoms with Crippen LogP contribution in [-0.4, -0.2) is 34.1 Å². The second kappa shape index (κ2) is 6.95. The van der Waals surface area contributed by atoms with E-state index in [0.717, 1.165) is 23.5 Å². The summed E-state index contributed by atoms with van der Waals surface area (Å²) >= 11 is 0. The lowest BCUT2D eigenvalue weighted by atomic mass is 9.97. The third-order valence-corrected chi connectivity index (χ3v) is 4.40. The molecule has 1 aliphatic heterocycles. The fourth-order valence-corrected chi connectivity index (χ4v) is 2.91. The summed E-state index contributed by atoms with van der Waals surface area (Å²) in [7, 11) is 0. The number of aromatic nitrogens is 2. The van der Waals surface area contributed by atoms with E-state index in [-0.39, 0.29) is 11.7 Å². The average molecular weight is 329 g/mol. The van der Waals surface area contributed by atoms with Gasteiger partial charge in [0.2, 0.25) is 0 Å². The summed E-state index contributed by atoms with van der Waals surface area (Å²) in [6, 6.07) is 8.09. The van der Waals surface area contributed by atoms with Crippen molar-refractivity contribution >= 4 is 11.8 Å². The zero-order chi connectivity index (χ0) is 17.1. The van der Waals surface area contributed by atoms with E-state index in [1.54, 1.807) is 12.1 Å². The highest BCUT2D eigenvalue weighted by Gasteiger charge is 2.25. The van der Waals surface area contributed by atoms with Gasteiger partial charge < -0.3 is 10.0 Å². The largest absolute Gasteiger partial charge is 0.481 e. The number of carboxylic acid groups (broad SMARTS) is 1. The highest BCUT2D eigenvalue weighted by atomic mass is 19.1. The molecular weight excluding hydrogens is 309 g/mol. The predicted molar refractivity (Wildman–Crippen MR) is 89.4 cm³/mol. The molecule has 0 bridgehead atoms. The molecule has 0 amide bonds. The number of hydrogen-bond acceptors (Lipinski definition) is 4. The van der Waals surface area contributed by atoms with Crippen LogP contribution in [-0.2, 0) is 11.2 Å². The molecule has 5 nitrogen and oxygen atoms in total. The summed E-state index contributed by atoms with van der Waals surface area (Å²) in [5, 5.41) is 9.12. The van der Waals surface area contributed by atoms with Crippen molar-refractivity contribution in [3.05, 3.63) is 41.8 Å². The fraction of sp³-hybridized carbons (Fsp3) is 0.389. The first kappa shape index (κ1) is 16.4. The lowest BCUT2D eigenvalue weighted by Crippen LogP contribution is -2.37. The van der Waals surface area contributed by atoms with E-state index in [2.05, 4.69) is 14.9 Å². The molecule has 0 aliphatic carbocycles. The number of carbonyl (C=O) groups is 1. The topological polar surface area (TPSA) is 66.3 Å². The van der Waals surface area contributed by atoms with E-state index < -0.39 is 5.97 Å².